The van der Waals surface area contributed by atoms with E-state index < -0.39 is 5.82 Å². The smallest absolute Gasteiger partial charge is 0.243 e. The van der Waals surface area contributed by atoms with Gasteiger partial charge in [0.2, 0.25) is 5.91 Å². The van der Waals surface area contributed by atoms with Crippen molar-refractivity contribution in [2.75, 3.05) is 40.8 Å². The van der Waals surface area contributed by atoms with Gasteiger partial charge < -0.3 is 25.0 Å². The predicted octanol–water partition coefficient (Wildman–Crippen LogP) is 2.47. The number of ether oxygens (including phenoxy) is 2. The van der Waals surface area contributed by atoms with Crippen molar-refractivity contribution in [3.8, 4) is 11.5 Å². The predicted molar refractivity (Wildman–Crippen MR) is 120 cm³/mol. The lowest BCUT2D eigenvalue weighted by Crippen LogP contribution is -2.43. The number of nitrogens with one attached hydrogen (secondary N) is 2. The maximum absolute atomic E-state index is 13.8. The number of para-hydroxylation sites is 1. The summed E-state index contributed by atoms with van der Waals surface area (Å²) < 4.78 is 24.6. The number of likely N-dealkylation sites (N-methyl/N-ethyl adjacent to an activating group) is 1. The lowest BCUT2D eigenvalue weighted by molar-refractivity contribution is -0.127. The van der Waals surface area contributed by atoms with Crippen LogP contribution in [-0.2, 0) is 11.2 Å². The van der Waals surface area contributed by atoms with Crippen LogP contribution in [0.2, 0.25) is 0 Å². The summed E-state index contributed by atoms with van der Waals surface area (Å²) in [5.41, 5.74) is 1.15. The molecule has 0 aromatic heterocycles. The van der Waals surface area contributed by atoms with Gasteiger partial charge in [-0.2, -0.15) is 0 Å². The zero-order chi connectivity index (χ0) is 22.6. The Bertz CT molecular complexity index is 856. The van der Waals surface area contributed by atoms with Crippen LogP contribution in [0.3, 0.4) is 0 Å². The average molecular weight is 431 g/mol. The van der Waals surface area contributed by atoms with E-state index in [-0.39, 0.29) is 24.3 Å². The average Bonchev–Trinajstić information content (AvgIpc) is 2.77. The van der Waals surface area contributed by atoms with Crippen molar-refractivity contribution in [1.29, 1.82) is 0 Å². The van der Waals surface area contributed by atoms with Crippen molar-refractivity contribution in [2.45, 2.75) is 19.4 Å². The molecule has 8 heteroatoms. The van der Waals surface area contributed by atoms with Gasteiger partial charge in [-0.25, -0.2) is 9.38 Å². The van der Waals surface area contributed by atoms with Crippen LogP contribution in [0, 0.1) is 5.82 Å². The molecule has 0 aliphatic carbocycles. The molecule has 0 radical (unpaired) electrons. The van der Waals surface area contributed by atoms with Gasteiger partial charge in [0.25, 0.3) is 0 Å². The second kappa shape index (κ2) is 12.4. The molecule has 2 rings (SSSR count). The molecule has 0 aliphatic rings. The van der Waals surface area contributed by atoms with E-state index in [0.717, 1.165) is 17.7 Å². The summed E-state index contributed by atoms with van der Waals surface area (Å²) in [6, 6.07) is 14.1. The topological polar surface area (TPSA) is 75.2 Å². The minimum absolute atomic E-state index is 0.0213. The van der Waals surface area contributed by atoms with E-state index in [1.165, 1.54) is 11.0 Å². The zero-order valence-electron chi connectivity index (χ0n) is 18.5. The van der Waals surface area contributed by atoms with Crippen LogP contribution in [0.1, 0.15) is 12.5 Å². The minimum atomic E-state index is -0.405. The molecule has 1 unspecified atom stereocenters. The number of hydrogen-bond acceptors (Lipinski definition) is 4. The molecule has 0 fully saturated rings. The molecule has 1 amide bonds. The number of hydrogen-bond donors (Lipinski definition) is 2. The number of guanidine groups is 1. The van der Waals surface area contributed by atoms with E-state index in [0.29, 0.717) is 19.0 Å². The van der Waals surface area contributed by atoms with E-state index in [1.54, 1.807) is 39.4 Å². The number of halogens is 1. The minimum Gasteiger partial charge on any atom is -0.497 e. The van der Waals surface area contributed by atoms with Crippen molar-refractivity contribution in [3.63, 3.8) is 0 Å². The second-order valence-corrected chi connectivity index (χ2v) is 7.22. The zero-order valence-corrected chi connectivity index (χ0v) is 18.5. The van der Waals surface area contributed by atoms with Crippen molar-refractivity contribution in [2.24, 2.45) is 4.99 Å². The molecule has 2 aromatic carbocycles. The molecule has 168 valence electrons. The first kappa shape index (κ1) is 24.0. The van der Waals surface area contributed by atoms with Crippen LogP contribution in [0.5, 0.6) is 11.5 Å². The summed E-state index contributed by atoms with van der Waals surface area (Å²) in [4.78, 5) is 17.7. The van der Waals surface area contributed by atoms with Crippen molar-refractivity contribution in [1.82, 2.24) is 15.5 Å². The molecule has 0 bridgehead atoms. The number of aliphatic imine (C=N–C) groups is 1. The number of nitrogens with zero attached hydrogens (tertiary/aromatic N) is 2. The van der Waals surface area contributed by atoms with Gasteiger partial charge in [0.1, 0.15) is 18.4 Å². The van der Waals surface area contributed by atoms with Crippen LogP contribution in [0.15, 0.2) is 53.5 Å². The molecule has 0 heterocycles. The molecule has 0 saturated carbocycles. The summed E-state index contributed by atoms with van der Waals surface area (Å²) in [7, 11) is 5.01. The normalized spacial score (nSPS) is 12.1. The number of benzene rings is 2. The van der Waals surface area contributed by atoms with E-state index >= 15 is 0 Å². The van der Waals surface area contributed by atoms with E-state index in [9.17, 15) is 9.18 Å². The summed E-state index contributed by atoms with van der Waals surface area (Å²) in [5.74, 6) is 0.995. The molecule has 0 saturated heterocycles. The highest BCUT2D eigenvalue weighted by Gasteiger charge is 2.10. The van der Waals surface area contributed by atoms with Crippen LogP contribution >= 0.6 is 0 Å². The molecule has 1 atom stereocenters. The van der Waals surface area contributed by atoms with Crippen LogP contribution in [0.25, 0.3) is 0 Å². The van der Waals surface area contributed by atoms with Gasteiger partial charge in [0.15, 0.2) is 17.5 Å². The Kier molecular flexibility index (Phi) is 9.61. The second-order valence-electron chi connectivity index (χ2n) is 7.22. The quantitative estimate of drug-likeness (QED) is 0.447. The van der Waals surface area contributed by atoms with Crippen molar-refractivity contribution < 1.29 is 18.7 Å². The lowest BCUT2D eigenvalue weighted by Gasteiger charge is -2.18. The standard InChI is InChI=1S/C23H31FN4O3/c1-17(31-21-8-6-5-7-20(21)24)15-26-23(27-16-22(29)28(2)3)25-14-13-18-9-11-19(30-4)12-10-18/h5-12,17H,13-16H2,1-4H3,(H2,25,26,27). The molecule has 2 aromatic rings. The summed E-state index contributed by atoms with van der Waals surface area (Å²) >= 11 is 0. The monoisotopic (exact) mass is 430 g/mol. The first-order valence-corrected chi connectivity index (χ1v) is 10.2. The van der Waals surface area contributed by atoms with E-state index in [4.69, 9.17) is 9.47 Å². The maximum Gasteiger partial charge on any atom is 0.243 e. The Balaban J connectivity index is 1.91. The molecular weight excluding hydrogens is 399 g/mol. The van der Waals surface area contributed by atoms with Gasteiger partial charge in [-0.05, 0) is 43.2 Å². The van der Waals surface area contributed by atoms with Gasteiger partial charge in [-0.1, -0.05) is 24.3 Å². The first-order chi connectivity index (χ1) is 14.9. The first-order valence-electron chi connectivity index (χ1n) is 10.2. The Hall–Kier alpha value is -3.29. The molecule has 0 aliphatic heterocycles. The van der Waals surface area contributed by atoms with E-state index in [1.807, 2.05) is 31.2 Å². The fourth-order valence-electron chi connectivity index (χ4n) is 2.62. The number of methoxy groups -OCH3 is 1. The Morgan fingerprint density at radius 3 is 2.48 bits per heavy atom. The van der Waals surface area contributed by atoms with E-state index in [2.05, 4.69) is 15.6 Å². The third-order valence-corrected chi connectivity index (χ3v) is 4.46. The highest BCUT2D eigenvalue weighted by Crippen LogP contribution is 2.16. The fraction of sp³-hybridized carbons (Fsp3) is 0.391. The highest BCUT2D eigenvalue weighted by molar-refractivity contribution is 5.84. The fourth-order valence-corrected chi connectivity index (χ4v) is 2.62. The summed E-state index contributed by atoms with van der Waals surface area (Å²) in [6.45, 7) is 2.86. The molecule has 0 spiro atoms. The third-order valence-electron chi connectivity index (χ3n) is 4.46. The van der Waals surface area contributed by atoms with Crippen LogP contribution in [-0.4, -0.2) is 63.7 Å². The number of amides is 1. The Morgan fingerprint density at radius 2 is 1.84 bits per heavy atom. The number of carbonyl (C=O) groups is 1. The molecule has 31 heavy (non-hydrogen) atoms. The molecule has 7 nitrogen and oxygen atoms in total. The molecule has 2 N–H and O–H groups in total. The summed E-state index contributed by atoms with van der Waals surface area (Å²) in [5, 5.41) is 6.39. The molecular formula is C23H31FN4O3. The number of rotatable bonds is 10. The SMILES string of the molecule is COc1ccc(CCNC(=NCC(=O)N(C)C)NCC(C)Oc2ccccc2F)cc1. The lowest BCUT2D eigenvalue weighted by atomic mass is 10.1. The maximum atomic E-state index is 13.8. The van der Waals surface area contributed by atoms with Gasteiger partial charge in [-0.3, -0.25) is 4.79 Å². The van der Waals surface area contributed by atoms with Gasteiger partial charge >= 0.3 is 0 Å². The Labute approximate surface area is 183 Å². The summed E-state index contributed by atoms with van der Waals surface area (Å²) in [6.07, 6.45) is 0.461. The third kappa shape index (κ3) is 8.54. The Morgan fingerprint density at radius 1 is 1.13 bits per heavy atom. The van der Waals surface area contributed by atoms with Gasteiger partial charge in [-0.15, -0.1) is 0 Å². The highest BCUT2D eigenvalue weighted by atomic mass is 19.1. The number of carbonyl (C=O) groups excluding carboxylic acids is 1. The van der Waals surface area contributed by atoms with Crippen LogP contribution in [0.4, 0.5) is 4.39 Å². The largest absolute Gasteiger partial charge is 0.497 e. The van der Waals surface area contributed by atoms with Gasteiger partial charge in [0.05, 0.1) is 13.7 Å². The van der Waals surface area contributed by atoms with Crippen molar-refractivity contribution >= 4 is 11.9 Å². The van der Waals surface area contributed by atoms with Crippen LogP contribution < -0.4 is 20.1 Å². The van der Waals surface area contributed by atoms with Gasteiger partial charge in [0, 0.05) is 20.6 Å². The van der Waals surface area contributed by atoms with Crippen molar-refractivity contribution in [3.05, 3.63) is 59.9 Å².